The van der Waals surface area contributed by atoms with Crippen LogP contribution in [0, 0.1) is 10.1 Å². The van der Waals surface area contributed by atoms with E-state index in [1.54, 1.807) is 0 Å². The summed E-state index contributed by atoms with van der Waals surface area (Å²) in [6, 6.07) is 5.19. The molecular formula is C11H16ClN3O4S. The van der Waals surface area contributed by atoms with Crippen LogP contribution in [-0.2, 0) is 10.0 Å². The number of rotatable bonds is 4. The highest BCUT2D eigenvalue weighted by Crippen LogP contribution is 2.23. The largest absolute Gasteiger partial charge is 0.317 e. The predicted molar refractivity (Wildman–Crippen MR) is 76.6 cm³/mol. The number of hydrogen-bond donors (Lipinski definition) is 2. The Balaban J connectivity index is 0.00000200. The summed E-state index contributed by atoms with van der Waals surface area (Å²) in [5.74, 6) is 0. The molecule has 0 atom stereocenters. The lowest BCUT2D eigenvalue weighted by atomic mass is 10.1. The van der Waals surface area contributed by atoms with Gasteiger partial charge in [-0.15, -0.1) is 12.4 Å². The Bertz CT molecular complexity index is 573. The van der Waals surface area contributed by atoms with E-state index in [9.17, 15) is 18.5 Å². The Labute approximate surface area is 123 Å². The van der Waals surface area contributed by atoms with E-state index in [2.05, 4.69) is 10.0 Å². The van der Waals surface area contributed by atoms with Gasteiger partial charge in [0.1, 0.15) is 0 Å². The monoisotopic (exact) mass is 321 g/mol. The molecule has 1 fully saturated rings. The number of nitrogens with one attached hydrogen (secondary N) is 2. The molecule has 9 heteroatoms. The van der Waals surface area contributed by atoms with Crippen molar-refractivity contribution in [2.45, 2.75) is 23.8 Å². The predicted octanol–water partition coefficient (Wildman–Crippen LogP) is 1.05. The maximum absolute atomic E-state index is 12.2. The molecule has 2 rings (SSSR count). The Hall–Kier alpha value is -1.22. The van der Waals surface area contributed by atoms with Crippen LogP contribution < -0.4 is 10.0 Å². The number of hydrogen-bond acceptors (Lipinski definition) is 5. The van der Waals surface area contributed by atoms with Crippen molar-refractivity contribution in [3.63, 3.8) is 0 Å². The van der Waals surface area contributed by atoms with Crippen molar-refractivity contribution >= 4 is 28.1 Å². The Morgan fingerprint density at radius 3 is 2.45 bits per heavy atom. The normalized spacial score (nSPS) is 16.4. The maximum Gasteiger partial charge on any atom is 0.289 e. The number of nitrogens with zero attached hydrogens (tertiary/aromatic N) is 1. The molecule has 7 nitrogen and oxygen atoms in total. The minimum atomic E-state index is -3.86. The third-order valence-electron chi connectivity index (χ3n) is 3.01. The van der Waals surface area contributed by atoms with Crippen LogP contribution in [0.3, 0.4) is 0 Å². The van der Waals surface area contributed by atoms with Gasteiger partial charge in [-0.1, -0.05) is 12.1 Å². The SMILES string of the molecule is Cl.O=[N+]([O-])c1ccccc1S(=O)(=O)NC1CCNCC1. The summed E-state index contributed by atoms with van der Waals surface area (Å²) in [5.41, 5.74) is -0.399. The van der Waals surface area contributed by atoms with Crippen LogP contribution in [0.5, 0.6) is 0 Å². The molecule has 1 saturated heterocycles. The van der Waals surface area contributed by atoms with E-state index in [1.165, 1.54) is 24.3 Å². The molecule has 112 valence electrons. The lowest BCUT2D eigenvalue weighted by Gasteiger charge is -2.23. The fourth-order valence-corrected chi connectivity index (χ4v) is 3.54. The van der Waals surface area contributed by atoms with Gasteiger partial charge >= 0.3 is 0 Å². The molecule has 0 saturated carbocycles. The first-order valence-electron chi connectivity index (χ1n) is 5.97. The highest BCUT2D eigenvalue weighted by atomic mass is 35.5. The number of piperidine rings is 1. The number of nitro groups is 1. The van der Waals surface area contributed by atoms with Gasteiger partial charge < -0.3 is 5.32 Å². The Morgan fingerprint density at radius 1 is 1.25 bits per heavy atom. The van der Waals surface area contributed by atoms with Gasteiger partial charge in [0, 0.05) is 12.1 Å². The molecule has 0 amide bonds. The van der Waals surface area contributed by atoms with Gasteiger partial charge in [0.25, 0.3) is 5.69 Å². The minimum Gasteiger partial charge on any atom is -0.317 e. The van der Waals surface area contributed by atoms with Gasteiger partial charge in [-0.25, -0.2) is 13.1 Å². The fraction of sp³-hybridized carbons (Fsp3) is 0.455. The molecule has 0 spiro atoms. The van der Waals surface area contributed by atoms with E-state index in [4.69, 9.17) is 0 Å². The molecule has 1 aromatic carbocycles. The summed E-state index contributed by atoms with van der Waals surface area (Å²) < 4.78 is 26.9. The van der Waals surface area contributed by atoms with Crippen LogP contribution in [0.15, 0.2) is 29.2 Å². The highest BCUT2D eigenvalue weighted by molar-refractivity contribution is 7.89. The summed E-state index contributed by atoms with van der Waals surface area (Å²) in [4.78, 5) is 9.90. The average molecular weight is 322 g/mol. The van der Waals surface area contributed by atoms with Gasteiger partial charge in [-0.3, -0.25) is 10.1 Å². The van der Waals surface area contributed by atoms with Crippen molar-refractivity contribution in [2.75, 3.05) is 13.1 Å². The quantitative estimate of drug-likeness (QED) is 0.637. The topological polar surface area (TPSA) is 101 Å². The molecule has 2 N–H and O–H groups in total. The summed E-state index contributed by atoms with van der Waals surface area (Å²) in [5, 5.41) is 14.0. The van der Waals surface area contributed by atoms with Crippen molar-refractivity contribution < 1.29 is 13.3 Å². The first-order chi connectivity index (χ1) is 9.00. The Morgan fingerprint density at radius 2 is 1.85 bits per heavy atom. The molecule has 0 bridgehead atoms. The van der Waals surface area contributed by atoms with Gasteiger partial charge in [0.15, 0.2) is 4.90 Å². The number of nitro benzene ring substituents is 1. The minimum absolute atomic E-state index is 0. The highest BCUT2D eigenvalue weighted by Gasteiger charge is 2.28. The lowest BCUT2D eigenvalue weighted by molar-refractivity contribution is -0.387. The van der Waals surface area contributed by atoms with Gasteiger partial charge in [-0.2, -0.15) is 0 Å². The zero-order valence-corrected chi connectivity index (χ0v) is 12.2. The second kappa shape index (κ2) is 6.98. The molecule has 0 unspecified atom stereocenters. The molecule has 1 aromatic rings. The van der Waals surface area contributed by atoms with Crippen LogP contribution in [-0.4, -0.2) is 32.5 Å². The maximum atomic E-state index is 12.2. The van der Waals surface area contributed by atoms with E-state index in [1.807, 2.05) is 0 Å². The second-order valence-electron chi connectivity index (χ2n) is 4.37. The van der Waals surface area contributed by atoms with Crippen LogP contribution >= 0.6 is 12.4 Å². The Kier molecular flexibility index (Phi) is 5.88. The summed E-state index contributed by atoms with van der Waals surface area (Å²) in [6.45, 7) is 1.48. The van der Waals surface area contributed by atoms with E-state index >= 15 is 0 Å². The van der Waals surface area contributed by atoms with Crippen LogP contribution in [0.1, 0.15) is 12.8 Å². The summed E-state index contributed by atoms with van der Waals surface area (Å²) in [6.07, 6.45) is 1.36. The third-order valence-corrected chi connectivity index (χ3v) is 4.58. The van der Waals surface area contributed by atoms with Crippen molar-refractivity contribution in [3.05, 3.63) is 34.4 Å². The number of benzene rings is 1. The average Bonchev–Trinajstić information content (AvgIpc) is 2.39. The van der Waals surface area contributed by atoms with Crippen molar-refractivity contribution in [1.82, 2.24) is 10.0 Å². The first-order valence-corrected chi connectivity index (χ1v) is 7.45. The van der Waals surface area contributed by atoms with Gasteiger partial charge in [0.05, 0.1) is 4.92 Å². The standard InChI is InChI=1S/C11H15N3O4S.ClH/c15-14(16)10-3-1-2-4-11(10)19(17,18)13-9-5-7-12-8-6-9;/h1-4,9,12-13H,5-8H2;1H. The third kappa shape index (κ3) is 3.89. The molecule has 0 aromatic heterocycles. The van der Waals surface area contributed by atoms with Crippen molar-refractivity contribution in [1.29, 1.82) is 0 Å². The fourth-order valence-electron chi connectivity index (χ4n) is 2.06. The molecule has 1 aliphatic rings. The van der Waals surface area contributed by atoms with E-state index < -0.39 is 20.6 Å². The number of para-hydroxylation sites is 1. The van der Waals surface area contributed by atoms with E-state index in [0.717, 1.165) is 13.1 Å². The number of sulfonamides is 1. The van der Waals surface area contributed by atoms with Crippen LogP contribution in [0.2, 0.25) is 0 Å². The molecule has 20 heavy (non-hydrogen) atoms. The smallest absolute Gasteiger partial charge is 0.289 e. The summed E-state index contributed by atoms with van der Waals surface area (Å²) >= 11 is 0. The summed E-state index contributed by atoms with van der Waals surface area (Å²) in [7, 11) is -3.86. The second-order valence-corrected chi connectivity index (χ2v) is 6.05. The van der Waals surface area contributed by atoms with Crippen LogP contribution in [0.4, 0.5) is 5.69 Å². The van der Waals surface area contributed by atoms with Crippen molar-refractivity contribution in [3.8, 4) is 0 Å². The van der Waals surface area contributed by atoms with E-state index in [0.29, 0.717) is 12.8 Å². The molecule has 1 aliphatic heterocycles. The number of halogens is 1. The van der Waals surface area contributed by atoms with Crippen LogP contribution in [0.25, 0.3) is 0 Å². The molecule has 0 aliphatic carbocycles. The first kappa shape index (κ1) is 16.8. The molecule has 0 radical (unpaired) electrons. The molecule has 1 heterocycles. The lowest BCUT2D eigenvalue weighted by Crippen LogP contribution is -2.42. The van der Waals surface area contributed by atoms with Gasteiger partial charge in [-0.05, 0) is 32.0 Å². The van der Waals surface area contributed by atoms with Crippen molar-refractivity contribution in [2.24, 2.45) is 0 Å². The zero-order valence-electron chi connectivity index (χ0n) is 10.6. The molecular weight excluding hydrogens is 306 g/mol. The van der Waals surface area contributed by atoms with Gasteiger partial charge in [0.2, 0.25) is 10.0 Å². The van der Waals surface area contributed by atoms with E-state index in [-0.39, 0.29) is 23.3 Å². The zero-order chi connectivity index (χ0) is 13.9.